The van der Waals surface area contributed by atoms with Crippen LogP contribution in [0.4, 0.5) is 0 Å². The van der Waals surface area contributed by atoms with E-state index in [1.807, 2.05) is 0 Å². The van der Waals surface area contributed by atoms with Gasteiger partial charge in [0.15, 0.2) is 0 Å². The average Bonchev–Trinajstić information content (AvgIpc) is 2.32. The van der Waals surface area contributed by atoms with Gasteiger partial charge in [0.1, 0.15) is 11.0 Å². The van der Waals surface area contributed by atoms with E-state index >= 15 is 0 Å². The first-order valence-electron chi connectivity index (χ1n) is 6.27. The zero-order valence-corrected chi connectivity index (χ0v) is 14.2. The van der Waals surface area contributed by atoms with Crippen molar-refractivity contribution >= 4 is 34.2 Å². The first-order chi connectivity index (χ1) is 8.99. The van der Waals surface area contributed by atoms with Gasteiger partial charge in [-0.25, -0.2) is 9.97 Å². The molecule has 2 rings (SSSR count). The molecule has 2 nitrogen and oxygen atoms in total. The van der Waals surface area contributed by atoms with Crippen LogP contribution in [0.25, 0.3) is 0 Å². The van der Waals surface area contributed by atoms with Crippen molar-refractivity contribution in [3.8, 4) is 0 Å². The fraction of sp³-hybridized carbons (Fsp3) is 0.333. The van der Waals surface area contributed by atoms with Gasteiger partial charge in [-0.1, -0.05) is 47.9 Å². The Morgan fingerprint density at radius 2 is 1.74 bits per heavy atom. The summed E-state index contributed by atoms with van der Waals surface area (Å²) in [4.78, 5) is 8.99. The van der Waals surface area contributed by atoms with Gasteiger partial charge in [0.2, 0.25) is 0 Å². The molecule has 0 N–H and O–H groups in total. The smallest absolute Gasteiger partial charge is 0.146 e. The molecule has 0 saturated carbocycles. The van der Waals surface area contributed by atoms with Gasteiger partial charge in [0, 0.05) is 6.42 Å². The number of benzene rings is 1. The van der Waals surface area contributed by atoms with Gasteiger partial charge in [-0.15, -0.1) is 0 Å². The molecule has 0 aliphatic rings. The van der Waals surface area contributed by atoms with E-state index in [4.69, 9.17) is 11.6 Å². The van der Waals surface area contributed by atoms with Crippen LogP contribution in [0.3, 0.4) is 0 Å². The summed E-state index contributed by atoms with van der Waals surface area (Å²) in [7, 11) is 0. The molecule has 0 spiro atoms. The van der Waals surface area contributed by atoms with Gasteiger partial charge >= 0.3 is 0 Å². The zero-order chi connectivity index (χ0) is 14.0. The molecule has 19 heavy (non-hydrogen) atoms. The van der Waals surface area contributed by atoms with Crippen LogP contribution in [0.5, 0.6) is 0 Å². The van der Waals surface area contributed by atoms with E-state index in [-0.39, 0.29) is 0 Å². The highest BCUT2D eigenvalue weighted by molar-refractivity contribution is 14.1. The molecule has 0 bridgehead atoms. The Bertz CT molecular complexity index is 591. The molecular formula is C15H16ClIN2. The monoisotopic (exact) mass is 386 g/mol. The lowest BCUT2D eigenvalue weighted by molar-refractivity contribution is 0.894. The first kappa shape index (κ1) is 14.7. The molecule has 0 amide bonds. The molecule has 0 aliphatic heterocycles. The minimum Gasteiger partial charge on any atom is -0.236 e. The molecular weight excluding hydrogens is 371 g/mol. The van der Waals surface area contributed by atoms with E-state index in [0.29, 0.717) is 5.15 Å². The number of halogens is 2. The molecule has 0 saturated heterocycles. The lowest BCUT2D eigenvalue weighted by atomic mass is 10.0. The summed E-state index contributed by atoms with van der Waals surface area (Å²) < 4.78 is 0.964. The van der Waals surface area contributed by atoms with E-state index in [1.54, 1.807) is 0 Å². The Morgan fingerprint density at radius 3 is 2.32 bits per heavy atom. The molecule has 0 radical (unpaired) electrons. The number of aromatic nitrogens is 2. The summed E-state index contributed by atoms with van der Waals surface area (Å²) in [5.74, 6) is 0.798. The highest BCUT2D eigenvalue weighted by atomic mass is 127. The number of hydrogen-bond donors (Lipinski definition) is 0. The first-order valence-corrected chi connectivity index (χ1v) is 7.73. The summed E-state index contributed by atoms with van der Waals surface area (Å²) in [6.07, 6.45) is 1.60. The Hall–Kier alpha value is -0.680. The summed E-state index contributed by atoms with van der Waals surface area (Å²) in [5.41, 5.74) is 4.79. The third-order valence-electron chi connectivity index (χ3n) is 2.90. The van der Waals surface area contributed by atoms with Crippen LogP contribution in [0, 0.1) is 17.4 Å². The van der Waals surface area contributed by atoms with E-state index in [2.05, 4.69) is 71.5 Å². The van der Waals surface area contributed by atoms with Crippen molar-refractivity contribution in [2.45, 2.75) is 33.6 Å². The van der Waals surface area contributed by atoms with Crippen LogP contribution < -0.4 is 0 Å². The number of hydrogen-bond acceptors (Lipinski definition) is 2. The van der Waals surface area contributed by atoms with Crippen LogP contribution in [0.1, 0.15) is 35.1 Å². The SMILES string of the molecule is CCc1nc(Cc2cc(C)cc(C)c2)nc(Cl)c1I. The molecule has 4 heteroatoms. The quantitative estimate of drug-likeness (QED) is 0.573. The Kier molecular flexibility index (Phi) is 4.79. The standard InChI is InChI=1S/C15H16ClIN2/c1-4-12-14(17)15(16)19-13(18-12)8-11-6-9(2)5-10(3)7-11/h5-7H,4,8H2,1-3H3. The van der Waals surface area contributed by atoms with Gasteiger partial charge < -0.3 is 0 Å². The maximum absolute atomic E-state index is 6.17. The van der Waals surface area contributed by atoms with Crippen LogP contribution in [-0.4, -0.2) is 9.97 Å². The summed E-state index contributed by atoms with van der Waals surface area (Å²) in [6.45, 7) is 6.30. The second-order valence-electron chi connectivity index (χ2n) is 4.72. The molecule has 2 aromatic rings. The molecule has 0 aliphatic carbocycles. The number of rotatable bonds is 3. The van der Waals surface area contributed by atoms with Crippen LogP contribution in [0.15, 0.2) is 18.2 Å². The summed E-state index contributed by atoms with van der Waals surface area (Å²) in [5, 5.41) is 0.562. The number of nitrogens with zero attached hydrogens (tertiary/aromatic N) is 2. The number of aryl methyl sites for hydroxylation is 3. The maximum Gasteiger partial charge on any atom is 0.146 e. The predicted octanol–water partition coefficient (Wildman–Crippen LogP) is 4.50. The van der Waals surface area contributed by atoms with E-state index in [0.717, 1.165) is 27.9 Å². The van der Waals surface area contributed by atoms with Crippen molar-refractivity contribution in [2.24, 2.45) is 0 Å². The minimum atomic E-state index is 0.562. The van der Waals surface area contributed by atoms with Gasteiger partial charge in [0.05, 0.1) is 9.26 Å². The van der Waals surface area contributed by atoms with E-state index in [9.17, 15) is 0 Å². The normalized spacial score (nSPS) is 10.8. The van der Waals surface area contributed by atoms with Crippen molar-refractivity contribution in [2.75, 3.05) is 0 Å². The van der Waals surface area contributed by atoms with Gasteiger partial charge in [-0.3, -0.25) is 0 Å². The fourth-order valence-electron chi connectivity index (χ4n) is 2.18. The van der Waals surface area contributed by atoms with Gasteiger partial charge in [-0.05, 0) is 48.4 Å². The van der Waals surface area contributed by atoms with E-state index in [1.165, 1.54) is 16.7 Å². The summed E-state index contributed by atoms with van der Waals surface area (Å²) in [6, 6.07) is 6.52. The molecule has 1 aromatic heterocycles. The van der Waals surface area contributed by atoms with Crippen LogP contribution in [-0.2, 0) is 12.8 Å². The predicted molar refractivity (Wildman–Crippen MR) is 87.9 cm³/mol. The minimum absolute atomic E-state index is 0.562. The van der Waals surface area contributed by atoms with E-state index < -0.39 is 0 Å². The molecule has 1 aromatic carbocycles. The Morgan fingerprint density at radius 1 is 1.11 bits per heavy atom. The molecule has 0 atom stereocenters. The highest BCUT2D eigenvalue weighted by Gasteiger charge is 2.10. The average molecular weight is 387 g/mol. The lowest BCUT2D eigenvalue weighted by Crippen LogP contribution is -2.04. The third kappa shape index (κ3) is 3.66. The van der Waals surface area contributed by atoms with Crippen molar-refractivity contribution < 1.29 is 0 Å². The third-order valence-corrected chi connectivity index (χ3v) is 4.63. The molecule has 100 valence electrons. The molecule has 0 unspecified atom stereocenters. The largest absolute Gasteiger partial charge is 0.236 e. The maximum atomic E-state index is 6.17. The van der Waals surface area contributed by atoms with Crippen molar-refractivity contribution in [3.63, 3.8) is 0 Å². The fourth-order valence-corrected chi connectivity index (χ4v) is 3.01. The lowest BCUT2D eigenvalue weighted by Gasteiger charge is -2.08. The van der Waals surface area contributed by atoms with Crippen molar-refractivity contribution in [1.29, 1.82) is 0 Å². The van der Waals surface area contributed by atoms with Crippen molar-refractivity contribution in [3.05, 3.63) is 55.1 Å². The van der Waals surface area contributed by atoms with Crippen LogP contribution >= 0.6 is 34.2 Å². The Labute approximate surface area is 132 Å². The van der Waals surface area contributed by atoms with Crippen LogP contribution in [0.2, 0.25) is 5.15 Å². The molecule has 1 heterocycles. The topological polar surface area (TPSA) is 25.8 Å². The molecule has 0 fully saturated rings. The second kappa shape index (κ2) is 6.18. The van der Waals surface area contributed by atoms with Gasteiger partial charge in [0.25, 0.3) is 0 Å². The Balaban J connectivity index is 2.35. The highest BCUT2D eigenvalue weighted by Crippen LogP contribution is 2.21. The van der Waals surface area contributed by atoms with Crippen molar-refractivity contribution in [1.82, 2.24) is 9.97 Å². The summed E-state index contributed by atoms with van der Waals surface area (Å²) >= 11 is 8.37. The second-order valence-corrected chi connectivity index (χ2v) is 6.15. The van der Waals surface area contributed by atoms with Gasteiger partial charge in [-0.2, -0.15) is 0 Å². The zero-order valence-electron chi connectivity index (χ0n) is 11.3.